The molecule has 0 amide bonds. The predicted octanol–water partition coefficient (Wildman–Crippen LogP) is -24.1. The maximum Gasteiger partial charge on any atom is 1.00 e. The van der Waals surface area contributed by atoms with Crippen LogP contribution in [0.2, 0.25) is 0 Å². The van der Waals surface area contributed by atoms with Gasteiger partial charge in [0.2, 0.25) is 0 Å². The van der Waals surface area contributed by atoms with Crippen LogP contribution in [0.3, 0.4) is 0 Å². The molecule has 0 saturated heterocycles. The Morgan fingerprint density at radius 2 is 0.619 bits per heavy atom. The molecule has 0 aromatic carbocycles. The van der Waals surface area contributed by atoms with Crippen LogP contribution >= 0.6 is 0 Å². The van der Waals surface area contributed by atoms with Crippen LogP contribution in [0, 0.1) is 0 Å². The molecule has 0 heterocycles. The first-order chi connectivity index (χ1) is 6.61. The van der Waals surface area contributed by atoms with Gasteiger partial charge in [0.25, 0.3) is 0 Å². The van der Waals surface area contributed by atoms with Gasteiger partial charge in [0.05, 0.1) is 0 Å². The Morgan fingerprint density at radius 1 is 0.619 bits per heavy atom. The van der Waals surface area contributed by atoms with Crippen molar-refractivity contribution in [3.8, 4) is 0 Å². The Labute approximate surface area is 255 Å². The summed E-state index contributed by atoms with van der Waals surface area (Å²) in [6.45, 7) is 5.25. The smallest absolute Gasteiger partial charge is 0.652 e. The minimum atomic E-state index is -2.33. The first kappa shape index (κ1) is 64.3. The van der Waals surface area contributed by atoms with Crippen LogP contribution < -0.4 is 208 Å². The van der Waals surface area contributed by atoms with E-state index in [2.05, 4.69) is 6.58 Å². The van der Waals surface area contributed by atoms with Crippen LogP contribution in [-0.2, 0) is 0 Å². The molecule has 0 rings (SSSR count). The number of hydrogen-bond acceptors (Lipinski definition) is 9. The molecule has 0 spiro atoms. The summed E-state index contributed by atoms with van der Waals surface area (Å²) in [5.74, 6) is 0. The van der Waals surface area contributed by atoms with Crippen molar-refractivity contribution in [2.75, 3.05) is 0 Å². The topological polar surface area (TPSA) is 190 Å². The maximum atomic E-state index is 8.33. The molecule has 0 aromatic rings. The summed E-state index contributed by atoms with van der Waals surface area (Å²) in [7, 11) is 0. The zero-order chi connectivity index (χ0) is 13.4. The van der Waals surface area contributed by atoms with E-state index in [0.29, 0.717) is 0 Å². The van der Waals surface area contributed by atoms with Crippen LogP contribution in [-0.4, -0.2) is 18.5 Å². The predicted molar refractivity (Wildman–Crippen MR) is 32.1 cm³/mol. The number of carbonyl (C=O) groups is 3. The van der Waals surface area contributed by atoms with Crippen molar-refractivity contribution in [3.63, 3.8) is 0 Å². The molecule has 0 fully saturated rings. The van der Waals surface area contributed by atoms with Gasteiger partial charge in [-0.3, -0.25) is 0 Å². The summed E-state index contributed by atoms with van der Waals surface area (Å²) in [6.07, 6.45) is -5.25. The minimum Gasteiger partial charge on any atom is -0.652 e. The zero-order valence-electron chi connectivity index (χ0n) is 13.5. The summed E-state index contributed by atoms with van der Waals surface area (Å²) in [5.41, 5.74) is 0. The first-order valence-electron chi connectivity index (χ1n) is 2.82. The SMILES string of the molecule is C=CC.O=C([O-])[O-].O=C([O-])[O-].O=C([O-])[O-].[Na+].[Na+].[Na+].[Na+].[Na+].[Na+]. The number of allylic oxidation sites excluding steroid dienone is 1. The van der Waals surface area contributed by atoms with Crippen LogP contribution in [0.5, 0.6) is 0 Å². The third-order valence-corrected chi connectivity index (χ3v) is 0. The molecule has 21 heavy (non-hydrogen) atoms. The van der Waals surface area contributed by atoms with Crippen molar-refractivity contribution in [2.45, 2.75) is 6.92 Å². The summed E-state index contributed by atoms with van der Waals surface area (Å²) in [5, 5.41) is 50.0. The van der Waals surface area contributed by atoms with E-state index in [1.54, 1.807) is 6.08 Å². The molecule has 0 bridgehead atoms. The van der Waals surface area contributed by atoms with Crippen LogP contribution in [0.1, 0.15) is 6.92 Å². The fourth-order valence-electron chi connectivity index (χ4n) is 0. The Bertz CT molecular complexity index is 163. The van der Waals surface area contributed by atoms with Gasteiger partial charge in [-0.05, 0) is 25.4 Å². The number of carbonyl (C=O) groups excluding carboxylic acids is 3. The zero-order valence-corrected chi connectivity index (χ0v) is 25.5. The van der Waals surface area contributed by atoms with Crippen LogP contribution in [0.25, 0.3) is 0 Å². The molecule has 0 N–H and O–H groups in total. The molecular formula is C6H6Na6O9. The van der Waals surface area contributed by atoms with Crippen molar-refractivity contribution >= 4 is 18.5 Å². The average molecular weight is 360 g/mol. The second-order valence-corrected chi connectivity index (χ2v) is 1.16. The fourth-order valence-corrected chi connectivity index (χ4v) is 0. The summed E-state index contributed by atoms with van der Waals surface area (Å²) >= 11 is 0. The second-order valence-electron chi connectivity index (χ2n) is 1.16. The Hall–Kier alpha value is 3.55. The van der Waals surface area contributed by atoms with Crippen molar-refractivity contribution in [1.82, 2.24) is 0 Å². The van der Waals surface area contributed by atoms with Gasteiger partial charge in [-0.2, -0.15) is 0 Å². The van der Waals surface area contributed by atoms with E-state index >= 15 is 0 Å². The first-order valence-corrected chi connectivity index (χ1v) is 2.82. The van der Waals surface area contributed by atoms with Crippen molar-refractivity contribution in [2.24, 2.45) is 0 Å². The van der Waals surface area contributed by atoms with Gasteiger partial charge in [0.15, 0.2) is 0 Å². The van der Waals surface area contributed by atoms with Crippen molar-refractivity contribution in [1.29, 1.82) is 0 Å². The van der Waals surface area contributed by atoms with E-state index in [1.807, 2.05) is 6.92 Å². The average Bonchev–Trinajstić information content (AvgIpc) is 1.81. The van der Waals surface area contributed by atoms with E-state index in [9.17, 15) is 0 Å². The minimum absolute atomic E-state index is 0. The quantitative estimate of drug-likeness (QED) is 0.298. The summed E-state index contributed by atoms with van der Waals surface area (Å²) in [6, 6.07) is 0. The summed E-state index contributed by atoms with van der Waals surface area (Å²) < 4.78 is 0. The van der Waals surface area contributed by atoms with Crippen LogP contribution in [0.4, 0.5) is 14.4 Å². The number of carboxylic acid groups (broad SMARTS) is 6. The molecule has 90 valence electrons. The Morgan fingerprint density at radius 3 is 0.619 bits per heavy atom. The van der Waals surface area contributed by atoms with Crippen molar-refractivity contribution in [3.05, 3.63) is 12.7 Å². The van der Waals surface area contributed by atoms with Gasteiger partial charge in [-0.25, -0.2) is 0 Å². The molecule has 9 nitrogen and oxygen atoms in total. The molecule has 0 radical (unpaired) electrons. The van der Waals surface area contributed by atoms with Crippen molar-refractivity contribution < 1.29 is 222 Å². The van der Waals surface area contributed by atoms with Gasteiger partial charge < -0.3 is 45.0 Å². The fraction of sp³-hybridized carbons (Fsp3) is 0.167. The molecule has 0 aliphatic rings. The largest absolute Gasteiger partial charge is 1.00 e. The molecule has 0 aromatic heterocycles. The monoisotopic (exact) mass is 360 g/mol. The molecular weight excluding hydrogens is 354 g/mol. The molecule has 0 aliphatic carbocycles. The van der Waals surface area contributed by atoms with E-state index in [-0.39, 0.29) is 177 Å². The summed E-state index contributed by atoms with van der Waals surface area (Å²) in [4.78, 5) is 25.0. The van der Waals surface area contributed by atoms with Gasteiger partial charge in [-0.15, -0.1) is 6.58 Å². The van der Waals surface area contributed by atoms with Gasteiger partial charge in [0, 0.05) is 0 Å². The van der Waals surface area contributed by atoms with Gasteiger partial charge in [0.1, 0.15) is 0 Å². The molecule has 0 saturated carbocycles. The normalized spacial score (nSPS) is 4.05. The third-order valence-electron chi connectivity index (χ3n) is 0. The molecule has 0 atom stereocenters. The van der Waals surface area contributed by atoms with E-state index in [0.717, 1.165) is 0 Å². The second kappa shape index (κ2) is 65.2. The molecule has 15 heteroatoms. The molecule has 0 unspecified atom stereocenters. The Kier molecular flexibility index (Phi) is 200. The maximum absolute atomic E-state index is 8.33. The Balaban J connectivity index is -0.00000000881. The van der Waals surface area contributed by atoms with Crippen LogP contribution in [0.15, 0.2) is 12.7 Å². The number of rotatable bonds is 0. The van der Waals surface area contributed by atoms with Gasteiger partial charge in [-0.1, -0.05) is 6.08 Å². The van der Waals surface area contributed by atoms with E-state index < -0.39 is 18.5 Å². The standard InChI is InChI=1S/C3H6.3CH2O3.6Na/c1-3-2;3*2-1(3)4;;;;;;/h3H,1H2,2H3;3*(H2,2,3,4);;;;;;/q;;;;6*+1/p-6. The van der Waals surface area contributed by atoms with E-state index in [4.69, 9.17) is 45.0 Å². The number of hydrogen-bond donors (Lipinski definition) is 0. The van der Waals surface area contributed by atoms with Gasteiger partial charge >= 0.3 is 177 Å². The molecule has 0 aliphatic heterocycles. The van der Waals surface area contributed by atoms with E-state index in [1.165, 1.54) is 0 Å². The third kappa shape index (κ3) is 868.